The van der Waals surface area contributed by atoms with Gasteiger partial charge in [0.15, 0.2) is 0 Å². The van der Waals surface area contributed by atoms with Gasteiger partial charge in [0.2, 0.25) is 22.7 Å². The largest absolute Gasteiger partial charge is 0.590 e. The molecule has 2 aromatic rings. The molecule has 11 nitrogen and oxygen atoms in total. The van der Waals surface area contributed by atoms with Crippen LogP contribution in [0.2, 0.25) is 0 Å². The molecular formula is C14H16N5O6+. The van der Waals surface area contributed by atoms with E-state index in [1.807, 2.05) is 14.1 Å². The van der Waals surface area contributed by atoms with Crippen LogP contribution in [0.25, 0.3) is 0 Å². The molecule has 0 aromatic heterocycles. The maximum Gasteiger partial charge on any atom is 0.239 e. The van der Waals surface area contributed by atoms with Gasteiger partial charge in [0, 0.05) is 34.1 Å². The third kappa shape index (κ3) is 2.44. The molecule has 2 aromatic carbocycles. The Morgan fingerprint density at radius 3 is 1.40 bits per heavy atom. The highest BCUT2D eigenvalue weighted by Gasteiger charge is 2.36. The number of rotatable bonds is 2. The summed E-state index contributed by atoms with van der Waals surface area (Å²) >= 11 is 0. The lowest BCUT2D eigenvalue weighted by Crippen LogP contribution is -3.15. The molecule has 0 saturated heterocycles. The molecule has 0 bridgehead atoms. The van der Waals surface area contributed by atoms with E-state index >= 15 is 0 Å². The molecule has 0 amide bonds. The van der Waals surface area contributed by atoms with Crippen LogP contribution in [0, 0.1) is 20.8 Å². The van der Waals surface area contributed by atoms with Crippen LogP contribution < -0.4 is 25.4 Å². The number of hydrogen-bond acceptors (Lipinski definition) is 6. The molecule has 4 atom stereocenters. The first-order valence-corrected chi connectivity index (χ1v) is 7.45. The van der Waals surface area contributed by atoms with Gasteiger partial charge in [0.25, 0.3) is 0 Å². The highest BCUT2D eigenvalue weighted by Crippen LogP contribution is 2.36. The van der Waals surface area contributed by atoms with Gasteiger partial charge in [-0.05, 0) is 0 Å². The molecule has 0 spiro atoms. The summed E-state index contributed by atoms with van der Waals surface area (Å²) in [4.78, 5) is 9.22. The average molecular weight is 350 g/mol. The molecular weight excluding hydrogens is 334 g/mol. The number of nitrogens with zero attached hydrogens (tertiary/aromatic N) is 1. The van der Waals surface area contributed by atoms with Gasteiger partial charge in [-0.25, -0.2) is 0 Å². The summed E-state index contributed by atoms with van der Waals surface area (Å²) < 4.78 is 0.184. The SMILES string of the molecule is C[N+](C)(c1ccc2c(c1)[NH+]([O-])O[NH+]2[O-])c1ccc2c(c1)[NH+]([O-])O[NH+]2[O-]. The van der Waals surface area contributed by atoms with E-state index in [4.69, 9.17) is 0 Å². The summed E-state index contributed by atoms with van der Waals surface area (Å²) in [5, 5.41) is 44.0. The molecule has 2 heterocycles. The zero-order chi connectivity index (χ0) is 17.9. The Labute approximate surface area is 141 Å². The molecule has 4 rings (SSSR count). The molecule has 132 valence electrons. The molecule has 2 aliphatic heterocycles. The van der Waals surface area contributed by atoms with E-state index in [2.05, 4.69) is 9.88 Å². The fourth-order valence-corrected chi connectivity index (χ4v) is 2.99. The van der Waals surface area contributed by atoms with Gasteiger partial charge in [-0.15, -0.1) is 20.9 Å². The molecule has 0 radical (unpaired) electrons. The second-order valence-corrected chi connectivity index (χ2v) is 6.27. The van der Waals surface area contributed by atoms with Crippen LogP contribution in [-0.4, -0.2) is 14.1 Å². The number of fused-ring (bicyclic) bond motifs is 2. The maximum absolute atomic E-state index is 11.8. The van der Waals surface area contributed by atoms with Gasteiger partial charge in [-0.1, -0.05) is 0 Å². The van der Waals surface area contributed by atoms with Crippen molar-refractivity contribution in [2.45, 2.75) is 0 Å². The van der Waals surface area contributed by atoms with Gasteiger partial charge in [0.05, 0.1) is 26.2 Å². The molecule has 4 unspecified atom stereocenters. The Hall–Kier alpha value is -2.00. The highest BCUT2D eigenvalue weighted by atomic mass is 17.1. The molecule has 0 fully saturated rings. The molecule has 25 heavy (non-hydrogen) atoms. The molecule has 11 heteroatoms. The van der Waals surface area contributed by atoms with Crippen molar-refractivity contribution >= 4 is 34.1 Å². The lowest BCUT2D eigenvalue weighted by atomic mass is 10.1. The summed E-state index contributed by atoms with van der Waals surface area (Å²) in [5.41, 5.74) is 2.31. The van der Waals surface area contributed by atoms with Crippen LogP contribution in [0.4, 0.5) is 34.1 Å². The summed E-state index contributed by atoms with van der Waals surface area (Å²) in [6, 6.07) is 9.72. The quantitative estimate of drug-likeness (QED) is 0.346. The Kier molecular flexibility index (Phi) is 3.62. The molecule has 2 aliphatic rings. The number of benzene rings is 2. The van der Waals surface area contributed by atoms with E-state index in [0.717, 1.165) is 0 Å². The van der Waals surface area contributed by atoms with E-state index in [-0.39, 0.29) is 27.2 Å². The highest BCUT2D eigenvalue weighted by molar-refractivity contribution is 5.69. The van der Waals surface area contributed by atoms with Crippen molar-refractivity contribution in [1.29, 1.82) is 0 Å². The minimum absolute atomic E-state index is 0.184. The number of quaternary nitrogens is 5. The Morgan fingerprint density at radius 1 is 0.640 bits per heavy atom. The van der Waals surface area contributed by atoms with Crippen LogP contribution >= 0.6 is 0 Å². The first-order valence-electron chi connectivity index (χ1n) is 7.45. The van der Waals surface area contributed by atoms with Gasteiger partial charge >= 0.3 is 0 Å². The Morgan fingerprint density at radius 2 is 1.00 bits per heavy atom. The average Bonchev–Trinajstić information content (AvgIpc) is 3.03. The van der Waals surface area contributed by atoms with Gasteiger partial charge in [-0.3, -0.25) is 4.48 Å². The van der Waals surface area contributed by atoms with Crippen molar-refractivity contribution in [2.24, 2.45) is 0 Å². The molecule has 0 aliphatic carbocycles. The van der Waals surface area contributed by atoms with Crippen molar-refractivity contribution in [3.8, 4) is 0 Å². The molecule has 4 N–H and O–H groups in total. The van der Waals surface area contributed by atoms with Gasteiger partial charge in [0.1, 0.15) is 11.4 Å². The Bertz CT molecular complexity index is 779. The van der Waals surface area contributed by atoms with Crippen LogP contribution in [0.1, 0.15) is 0 Å². The third-order valence-corrected chi connectivity index (χ3v) is 4.55. The zero-order valence-electron chi connectivity index (χ0n) is 13.4. The Balaban J connectivity index is 1.76. The normalized spacial score (nSPS) is 28.1. The van der Waals surface area contributed by atoms with E-state index in [1.54, 1.807) is 36.4 Å². The van der Waals surface area contributed by atoms with E-state index in [9.17, 15) is 20.8 Å². The fraction of sp³-hybridized carbons (Fsp3) is 0.143. The fourth-order valence-electron chi connectivity index (χ4n) is 2.99. The van der Waals surface area contributed by atoms with Gasteiger partial charge < -0.3 is 20.8 Å². The van der Waals surface area contributed by atoms with Crippen LogP contribution in [-0.2, 0) is 9.88 Å². The van der Waals surface area contributed by atoms with E-state index in [0.29, 0.717) is 11.4 Å². The standard InChI is InChI=1S/C14H16N5O6/c1-19(2,9-3-5-11-13(7-9)17(22)24-15(11)20)10-4-6-12-14(8-10)18(23)25-16(12)21/h3-8,15-18H,1-2H3/q+1. The topological polar surface area (TPSA) is 128 Å². The lowest BCUT2D eigenvalue weighted by molar-refractivity contribution is -1.24. The van der Waals surface area contributed by atoms with Crippen LogP contribution in [0.3, 0.4) is 0 Å². The van der Waals surface area contributed by atoms with Crippen LogP contribution in [0.15, 0.2) is 36.4 Å². The number of nitrogens with one attached hydrogen (secondary N) is 4. The first kappa shape index (κ1) is 16.5. The zero-order valence-corrected chi connectivity index (χ0v) is 13.4. The van der Waals surface area contributed by atoms with Crippen molar-refractivity contribution in [3.63, 3.8) is 0 Å². The van der Waals surface area contributed by atoms with Crippen molar-refractivity contribution in [2.75, 3.05) is 14.1 Å². The van der Waals surface area contributed by atoms with Crippen LogP contribution in [0.5, 0.6) is 0 Å². The van der Waals surface area contributed by atoms with Crippen molar-refractivity contribution < 1.29 is 30.8 Å². The van der Waals surface area contributed by atoms with Gasteiger partial charge in [-0.2, -0.15) is 0 Å². The summed E-state index contributed by atoms with van der Waals surface area (Å²) in [6.07, 6.45) is 0. The predicted octanol–water partition coefficient (Wildman–Crippen LogP) is -2.64. The third-order valence-electron chi connectivity index (χ3n) is 4.55. The second-order valence-electron chi connectivity index (χ2n) is 6.27. The maximum atomic E-state index is 11.8. The minimum Gasteiger partial charge on any atom is -0.590 e. The predicted molar refractivity (Wildman–Crippen MR) is 84.3 cm³/mol. The summed E-state index contributed by atoms with van der Waals surface area (Å²) in [6.45, 7) is 0. The first-order chi connectivity index (χ1) is 11.8. The van der Waals surface area contributed by atoms with Crippen molar-refractivity contribution in [3.05, 3.63) is 57.2 Å². The smallest absolute Gasteiger partial charge is 0.239 e. The second kappa shape index (κ2) is 5.50. The summed E-state index contributed by atoms with van der Waals surface area (Å²) in [7, 11) is 3.71. The summed E-state index contributed by atoms with van der Waals surface area (Å²) in [5.74, 6) is 0. The van der Waals surface area contributed by atoms with E-state index < -0.39 is 20.9 Å². The molecule has 0 saturated carbocycles. The lowest BCUT2D eigenvalue weighted by Gasteiger charge is -2.28. The van der Waals surface area contributed by atoms with Crippen molar-refractivity contribution in [1.82, 2.24) is 4.48 Å². The monoisotopic (exact) mass is 350 g/mol. The number of hydrogen-bond donors (Lipinski definition) is 4. The van der Waals surface area contributed by atoms with E-state index in [1.165, 1.54) is 0 Å². The minimum atomic E-state index is -0.676.